The highest BCUT2D eigenvalue weighted by molar-refractivity contribution is 7.99. The standard InChI is InChI=1S/C23H25N3O2S/c1-14-10-11-20(15(2)12-14)25-21(27)13-19-16(3)24-23(26-22(19)28)29-17(4)18-8-6-5-7-9-18/h5-12,17H,13H2,1-4H3,(H,25,27)(H,24,26,28). The maximum atomic E-state index is 12.6. The minimum Gasteiger partial charge on any atom is -0.326 e. The second kappa shape index (κ2) is 9.09. The van der Waals surface area contributed by atoms with Crippen molar-refractivity contribution in [3.63, 3.8) is 0 Å². The number of hydrogen-bond donors (Lipinski definition) is 2. The van der Waals surface area contributed by atoms with E-state index in [1.54, 1.807) is 6.92 Å². The molecule has 150 valence electrons. The van der Waals surface area contributed by atoms with E-state index in [1.807, 2.05) is 62.4 Å². The van der Waals surface area contributed by atoms with Crippen molar-refractivity contribution in [1.29, 1.82) is 0 Å². The SMILES string of the molecule is Cc1ccc(NC(=O)Cc2c(C)nc(SC(C)c3ccccc3)[nH]c2=O)c(C)c1. The fourth-order valence-electron chi connectivity index (χ4n) is 3.12. The summed E-state index contributed by atoms with van der Waals surface area (Å²) in [4.78, 5) is 32.4. The van der Waals surface area contributed by atoms with Crippen LogP contribution < -0.4 is 10.9 Å². The number of nitrogens with zero attached hydrogens (tertiary/aromatic N) is 1. The van der Waals surface area contributed by atoms with Gasteiger partial charge in [0, 0.05) is 22.2 Å². The number of H-pyrrole nitrogens is 1. The van der Waals surface area contributed by atoms with E-state index >= 15 is 0 Å². The summed E-state index contributed by atoms with van der Waals surface area (Å²) in [5.74, 6) is -0.231. The van der Waals surface area contributed by atoms with Crippen LogP contribution in [-0.2, 0) is 11.2 Å². The van der Waals surface area contributed by atoms with Crippen molar-refractivity contribution in [2.45, 2.75) is 44.5 Å². The fraction of sp³-hybridized carbons (Fsp3) is 0.261. The Morgan fingerprint density at radius 3 is 2.52 bits per heavy atom. The van der Waals surface area contributed by atoms with Crippen LogP contribution in [-0.4, -0.2) is 15.9 Å². The minimum atomic E-state index is -0.268. The van der Waals surface area contributed by atoms with Gasteiger partial charge in [0.2, 0.25) is 5.91 Å². The van der Waals surface area contributed by atoms with Gasteiger partial charge in [-0.15, -0.1) is 0 Å². The topological polar surface area (TPSA) is 74.8 Å². The Balaban J connectivity index is 1.72. The van der Waals surface area contributed by atoms with Gasteiger partial charge in [-0.25, -0.2) is 4.98 Å². The summed E-state index contributed by atoms with van der Waals surface area (Å²) in [6, 6.07) is 15.9. The van der Waals surface area contributed by atoms with Crippen molar-refractivity contribution in [1.82, 2.24) is 9.97 Å². The summed E-state index contributed by atoms with van der Waals surface area (Å²) < 4.78 is 0. The van der Waals surface area contributed by atoms with Crippen LogP contribution in [0.4, 0.5) is 5.69 Å². The fourth-order valence-corrected chi connectivity index (χ4v) is 4.09. The van der Waals surface area contributed by atoms with E-state index in [2.05, 4.69) is 22.2 Å². The quantitative estimate of drug-likeness (QED) is 0.458. The molecule has 2 N–H and O–H groups in total. The van der Waals surface area contributed by atoms with Gasteiger partial charge in [0.1, 0.15) is 0 Å². The van der Waals surface area contributed by atoms with Gasteiger partial charge in [-0.05, 0) is 44.9 Å². The first-order valence-electron chi connectivity index (χ1n) is 9.52. The van der Waals surface area contributed by atoms with Crippen LogP contribution in [0, 0.1) is 20.8 Å². The van der Waals surface area contributed by atoms with E-state index in [0.717, 1.165) is 22.4 Å². The van der Waals surface area contributed by atoms with Crippen LogP contribution in [0.3, 0.4) is 0 Å². The molecule has 0 aliphatic carbocycles. The Labute approximate surface area is 175 Å². The smallest absolute Gasteiger partial charge is 0.255 e. The summed E-state index contributed by atoms with van der Waals surface area (Å²) >= 11 is 1.49. The molecule has 3 rings (SSSR count). The molecule has 6 heteroatoms. The highest BCUT2D eigenvalue weighted by atomic mass is 32.2. The number of nitrogens with one attached hydrogen (secondary N) is 2. The first kappa shape index (κ1) is 20.9. The molecule has 0 saturated heterocycles. The van der Waals surface area contributed by atoms with Crippen LogP contribution in [0.15, 0.2) is 58.5 Å². The van der Waals surface area contributed by atoms with Crippen molar-refractivity contribution in [2.24, 2.45) is 0 Å². The van der Waals surface area contributed by atoms with Crippen LogP contribution >= 0.6 is 11.8 Å². The molecule has 0 fully saturated rings. The largest absolute Gasteiger partial charge is 0.326 e. The first-order chi connectivity index (χ1) is 13.8. The number of carbonyl (C=O) groups is 1. The molecule has 3 aromatic rings. The predicted octanol–water partition coefficient (Wildman–Crippen LogP) is 4.73. The van der Waals surface area contributed by atoms with Gasteiger partial charge >= 0.3 is 0 Å². The molecule has 0 aliphatic rings. The summed E-state index contributed by atoms with van der Waals surface area (Å²) in [5.41, 5.74) is 4.74. The molecular weight excluding hydrogens is 382 g/mol. The van der Waals surface area contributed by atoms with Gasteiger partial charge in [0.15, 0.2) is 5.16 Å². The summed E-state index contributed by atoms with van der Waals surface area (Å²) in [5, 5.41) is 3.59. The maximum Gasteiger partial charge on any atom is 0.255 e. The van der Waals surface area contributed by atoms with Gasteiger partial charge in [0.25, 0.3) is 5.56 Å². The average Bonchev–Trinajstić information content (AvgIpc) is 2.67. The van der Waals surface area contributed by atoms with E-state index < -0.39 is 0 Å². The number of benzene rings is 2. The average molecular weight is 408 g/mol. The summed E-state index contributed by atoms with van der Waals surface area (Å²) in [7, 11) is 0. The zero-order chi connectivity index (χ0) is 21.0. The maximum absolute atomic E-state index is 12.6. The first-order valence-corrected chi connectivity index (χ1v) is 10.4. The Kier molecular flexibility index (Phi) is 6.54. The van der Waals surface area contributed by atoms with Gasteiger partial charge < -0.3 is 10.3 Å². The Bertz CT molecular complexity index is 1080. The highest BCUT2D eigenvalue weighted by Gasteiger charge is 2.15. The molecule has 1 unspecified atom stereocenters. The second-order valence-corrected chi connectivity index (χ2v) is 8.48. The monoisotopic (exact) mass is 407 g/mol. The number of carbonyl (C=O) groups excluding carboxylic acids is 1. The number of thioether (sulfide) groups is 1. The molecule has 1 atom stereocenters. The van der Waals surface area contributed by atoms with Gasteiger partial charge in [-0.3, -0.25) is 9.59 Å². The van der Waals surface area contributed by atoms with Crippen molar-refractivity contribution >= 4 is 23.4 Å². The van der Waals surface area contributed by atoms with Crippen molar-refractivity contribution < 1.29 is 4.79 Å². The number of amides is 1. The lowest BCUT2D eigenvalue weighted by Crippen LogP contribution is -2.24. The number of anilines is 1. The number of hydrogen-bond acceptors (Lipinski definition) is 4. The molecule has 29 heavy (non-hydrogen) atoms. The molecular formula is C23H25N3O2S. The lowest BCUT2D eigenvalue weighted by Gasteiger charge is -2.13. The molecule has 5 nitrogen and oxygen atoms in total. The molecule has 1 aromatic heterocycles. The van der Waals surface area contributed by atoms with Crippen molar-refractivity contribution in [2.75, 3.05) is 5.32 Å². The normalized spacial score (nSPS) is 11.9. The second-order valence-electron chi connectivity index (χ2n) is 7.15. The summed E-state index contributed by atoms with van der Waals surface area (Å²) in [6.07, 6.45) is -0.0132. The van der Waals surface area contributed by atoms with E-state index in [9.17, 15) is 9.59 Å². The molecule has 1 heterocycles. The van der Waals surface area contributed by atoms with Crippen LogP contribution in [0.2, 0.25) is 0 Å². The van der Waals surface area contributed by atoms with Gasteiger partial charge in [0.05, 0.1) is 6.42 Å². The van der Waals surface area contributed by atoms with E-state index in [0.29, 0.717) is 16.4 Å². The predicted molar refractivity (Wildman–Crippen MR) is 119 cm³/mol. The molecule has 2 aromatic carbocycles. The van der Waals surface area contributed by atoms with E-state index in [4.69, 9.17) is 0 Å². The third-order valence-electron chi connectivity index (χ3n) is 4.75. The third-order valence-corrected chi connectivity index (χ3v) is 5.79. The Morgan fingerprint density at radius 1 is 1.14 bits per heavy atom. The number of aromatic nitrogens is 2. The van der Waals surface area contributed by atoms with Crippen molar-refractivity contribution in [3.05, 3.63) is 86.8 Å². The van der Waals surface area contributed by atoms with E-state index in [-0.39, 0.29) is 23.1 Å². The zero-order valence-corrected chi connectivity index (χ0v) is 17.9. The molecule has 0 spiro atoms. The molecule has 0 aliphatic heterocycles. The third kappa shape index (κ3) is 5.35. The van der Waals surface area contributed by atoms with Crippen molar-refractivity contribution in [3.8, 4) is 0 Å². The summed E-state index contributed by atoms with van der Waals surface area (Å²) in [6.45, 7) is 7.79. The minimum absolute atomic E-state index is 0.0132. The zero-order valence-electron chi connectivity index (χ0n) is 17.1. The lowest BCUT2D eigenvalue weighted by atomic mass is 10.1. The van der Waals surface area contributed by atoms with Crippen LogP contribution in [0.5, 0.6) is 0 Å². The van der Waals surface area contributed by atoms with Crippen LogP contribution in [0.25, 0.3) is 0 Å². The van der Waals surface area contributed by atoms with Crippen LogP contribution in [0.1, 0.15) is 40.1 Å². The lowest BCUT2D eigenvalue weighted by molar-refractivity contribution is -0.115. The number of rotatable bonds is 6. The van der Waals surface area contributed by atoms with Gasteiger partial charge in [-0.1, -0.05) is 59.8 Å². The van der Waals surface area contributed by atoms with Gasteiger partial charge in [-0.2, -0.15) is 0 Å². The molecule has 0 saturated carbocycles. The number of aryl methyl sites for hydroxylation is 3. The Hall–Kier alpha value is -2.86. The van der Waals surface area contributed by atoms with E-state index in [1.165, 1.54) is 11.8 Å². The number of aromatic amines is 1. The molecule has 0 radical (unpaired) electrons. The highest BCUT2D eigenvalue weighted by Crippen LogP contribution is 2.32. The molecule has 0 bridgehead atoms. The Morgan fingerprint density at radius 2 is 1.86 bits per heavy atom. The molecule has 1 amide bonds.